The first-order chi connectivity index (χ1) is 18.8. The molecule has 0 spiro atoms. The molecule has 5 rings (SSSR count). The first-order valence-electron chi connectivity index (χ1n) is 12.5. The van der Waals surface area contributed by atoms with Gasteiger partial charge in [0.2, 0.25) is 17.7 Å². The highest BCUT2D eigenvalue weighted by Gasteiger charge is 2.52. The summed E-state index contributed by atoms with van der Waals surface area (Å²) >= 11 is 5.76. The van der Waals surface area contributed by atoms with Crippen molar-refractivity contribution in [2.24, 2.45) is 11.8 Å². The minimum atomic E-state index is -4.60. The van der Waals surface area contributed by atoms with Crippen molar-refractivity contribution in [1.29, 1.82) is 0 Å². The topological polar surface area (TPSA) is 128 Å². The molecule has 1 saturated heterocycles. The molecule has 210 valence electrons. The predicted octanol–water partition coefficient (Wildman–Crippen LogP) is 3.61. The zero-order valence-electron chi connectivity index (χ0n) is 21.0. The standard InChI is InChI=1S/C27H24ClF3N4O5/c1-12-22(23(12)25(39)33-15-5-6-16(17(28)10-15)27(29,30)31)13-3-2-4-14(9-13)32-18-11-21(37)35(26(18)40)19-7-8-20(36)34-24(19)38/h2-6,9-12,19,21-23,32,37H,7-8H2,1H3,(H,33,39)(H,34,36,38)/t12-,19?,21?,22-,23-/m1/s1. The summed E-state index contributed by atoms with van der Waals surface area (Å²) in [5, 5.41) is 17.7. The van der Waals surface area contributed by atoms with Gasteiger partial charge in [0.25, 0.3) is 5.91 Å². The second-order valence-corrected chi connectivity index (χ2v) is 10.4. The summed E-state index contributed by atoms with van der Waals surface area (Å²) in [6.45, 7) is 1.88. The molecule has 13 heteroatoms. The third-order valence-electron chi connectivity index (χ3n) is 7.39. The second kappa shape index (κ2) is 10.3. The molecule has 2 aromatic rings. The third-order valence-corrected chi connectivity index (χ3v) is 7.70. The lowest BCUT2D eigenvalue weighted by Gasteiger charge is -2.31. The number of nitrogens with one attached hydrogen (secondary N) is 3. The van der Waals surface area contributed by atoms with Crippen LogP contribution in [0.2, 0.25) is 5.02 Å². The van der Waals surface area contributed by atoms with Crippen LogP contribution in [-0.4, -0.2) is 45.9 Å². The fourth-order valence-electron chi connectivity index (χ4n) is 5.33. The fraction of sp³-hybridized carbons (Fsp3) is 0.333. The molecule has 0 bridgehead atoms. The normalized spacial score (nSPS) is 26.4. The Morgan fingerprint density at radius 1 is 1.12 bits per heavy atom. The summed E-state index contributed by atoms with van der Waals surface area (Å²) in [5.74, 6) is -2.71. The van der Waals surface area contributed by atoms with E-state index in [9.17, 15) is 37.5 Å². The quantitative estimate of drug-likeness (QED) is 0.389. The van der Waals surface area contributed by atoms with E-state index in [4.69, 9.17) is 11.6 Å². The van der Waals surface area contributed by atoms with Crippen LogP contribution in [0, 0.1) is 11.8 Å². The second-order valence-electron chi connectivity index (χ2n) is 10.0. The van der Waals surface area contributed by atoms with Crippen molar-refractivity contribution >= 4 is 46.6 Å². The van der Waals surface area contributed by atoms with E-state index in [2.05, 4.69) is 16.0 Å². The molecular weight excluding hydrogens is 553 g/mol. The Bertz CT molecular complexity index is 1450. The highest BCUT2D eigenvalue weighted by atomic mass is 35.5. The van der Waals surface area contributed by atoms with Gasteiger partial charge in [-0.1, -0.05) is 30.7 Å². The van der Waals surface area contributed by atoms with Gasteiger partial charge in [0, 0.05) is 23.7 Å². The number of amides is 4. The largest absolute Gasteiger partial charge is 0.417 e. The lowest BCUT2D eigenvalue weighted by molar-refractivity contribution is -0.148. The van der Waals surface area contributed by atoms with Crippen LogP contribution in [-0.2, 0) is 25.4 Å². The van der Waals surface area contributed by atoms with Gasteiger partial charge in [0.05, 0.1) is 10.6 Å². The van der Waals surface area contributed by atoms with E-state index >= 15 is 0 Å². The molecule has 2 heterocycles. The van der Waals surface area contributed by atoms with Crippen molar-refractivity contribution < 1.29 is 37.5 Å². The van der Waals surface area contributed by atoms with E-state index in [0.29, 0.717) is 5.69 Å². The summed E-state index contributed by atoms with van der Waals surface area (Å²) in [4.78, 5) is 50.6. The maximum absolute atomic E-state index is 13.0. The third kappa shape index (κ3) is 5.28. The fourth-order valence-corrected chi connectivity index (χ4v) is 5.62. The van der Waals surface area contributed by atoms with Gasteiger partial charge < -0.3 is 15.7 Å². The molecule has 0 aromatic heterocycles. The van der Waals surface area contributed by atoms with Crippen LogP contribution in [0.5, 0.6) is 0 Å². The number of imide groups is 1. The molecule has 5 atom stereocenters. The Hall–Kier alpha value is -3.90. The molecule has 2 aliphatic heterocycles. The molecule has 1 aliphatic carbocycles. The van der Waals surface area contributed by atoms with E-state index in [0.717, 1.165) is 28.7 Å². The molecule has 40 heavy (non-hydrogen) atoms. The minimum Gasteiger partial charge on any atom is -0.370 e. The average molecular weight is 577 g/mol. The Kier molecular flexibility index (Phi) is 7.09. The Balaban J connectivity index is 1.24. The van der Waals surface area contributed by atoms with E-state index in [1.54, 1.807) is 18.2 Å². The van der Waals surface area contributed by atoms with E-state index in [1.807, 2.05) is 13.0 Å². The number of aliphatic hydroxyl groups is 1. The predicted molar refractivity (Wildman–Crippen MR) is 138 cm³/mol. The Morgan fingerprint density at radius 3 is 2.55 bits per heavy atom. The number of anilines is 2. The number of aliphatic hydroxyl groups excluding tert-OH is 1. The number of piperidine rings is 1. The number of halogens is 4. The average Bonchev–Trinajstić information content (AvgIpc) is 3.47. The van der Waals surface area contributed by atoms with Crippen LogP contribution >= 0.6 is 11.6 Å². The number of carbonyl (C=O) groups is 4. The SMILES string of the molecule is C[C@H]1[C@@H](C(=O)Nc2ccc(C(F)(F)F)c(Cl)c2)[C@H]1c1cccc(NC2=CC(O)N(C3CCC(=O)NC3=O)C2=O)c1. The smallest absolute Gasteiger partial charge is 0.370 e. The van der Waals surface area contributed by atoms with Crippen LogP contribution in [0.4, 0.5) is 24.5 Å². The number of rotatable bonds is 6. The number of nitrogens with zero attached hydrogens (tertiary/aromatic N) is 1. The number of alkyl halides is 3. The van der Waals surface area contributed by atoms with Gasteiger partial charge in [0.15, 0.2) is 6.23 Å². The molecule has 0 radical (unpaired) electrons. The first-order valence-corrected chi connectivity index (χ1v) is 12.8. The van der Waals surface area contributed by atoms with Crippen LogP contribution in [0.3, 0.4) is 0 Å². The number of benzene rings is 2. The van der Waals surface area contributed by atoms with Crippen molar-refractivity contribution in [2.45, 2.75) is 44.1 Å². The molecule has 9 nitrogen and oxygen atoms in total. The van der Waals surface area contributed by atoms with Gasteiger partial charge in [-0.15, -0.1) is 0 Å². The van der Waals surface area contributed by atoms with E-state index < -0.39 is 52.7 Å². The van der Waals surface area contributed by atoms with Crippen molar-refractivity contribution in [1.82, 2.24) is 10.2 Å². The van der Waals surface area contributed by atoms with E-state index in [1.165, 1.54) is 6.08 Å². The first kappa shape index (κ1) is 27.7. The lowest BCUT2D eigenvalue weighted by Crippen LogP contribution is -2.55. The number of hydrogen-bond donors (Lipinski definition) is 4. The summed E-state index contributed by atoms with van der Waals surface area (Å²) < 4.78 is 38.9. The monoisotopic (exact) mass is 576 g/mol. The minimum absolute atomic E-state index is 0.0535. The van der Waals surface area contributed by atoms with Gasteiger partial charge in [-0.05, 0) is 60.2 Å². The zero-order chi connectivity index (χ0) is 28.9. The maximum Gasteiger partial charge on any atom is 0.417 e. The van der Waals surface area contributed by atoms with Crippen LogP contribution in [0.1, 0.15) is 36.8 Å². The molecule has 4 amide bonds. The zero-order valence-corrected chi connectivity index (χ0v) is 21.7. The highest BCUT2D eigenvalue weighted by molar-refractivity contribution is 6.31. The van der Waals surface area contributed by atoms with Crippen LogP contribution in [0.15, 0.2) is 54.2 Å². The Morgan fingerprint density at radius 2 is 1.88 bits per heavy atom. The van der Waals surface area contributed by atoms with Crippen molar-refractivity contribution in [2.75, 3.05) is 10.6 Å². The number of hydrogen-bond acceptors (Lipinski definition) is 6. The van der Waals surface area contributed by atoms with Crippen LogP contribution in [0.25, 0.3) is 0 Å². The maximum atomic E-state index is 13.0. The van der Waals surface area contributed by atoms with Crippen molar-refractivity contribution in [3.8, 4) is 0 Å². The van der Waals surface area contributed by atoms with Crippen molar-refractivity contribution in [3.05, 3.63) is 70.4 Å². The highest BCUT2D eigenvalue weighted by Crippen LogP contribution is 2.54. The van der Waals surface area contributed by atoms with Crippen molar-refractivity contribution in [3.63, 3.8) is 0 Å². The molecule has 2 fully saturated rings. The summed E-state index contributed by atoms with van der Waals surface area (Å²) in [7, 11) is 0. The molecule has 2 unspecified atom stereocenters. The van der Waals surface area contributed by atoms with Gasteiger partial charge in [-0.25, -0.2) is 0 Å². The molecule has 3 aliphatic rings. The molecule has 1 saturated carbocycles. The van der Waals surface area contributed by atoms with Gasteiger partial charge in [0.1, 0.15) is 11.7 Å². The van der Waals surface area contributed by atoms with E-state index in [-0.39, 0.29) is 42.0 Å². The lowest BCUT2D eigenvalue weighted by atomic mass is 10.0. The molecule has 2 aromatic carbocycles. The molecular formula is C27H24ClF3N4O5. The number of carbonyl (C=O) groups excluding carboxylic acids is 4. The molecule has 4 N–H and O–H groups in total. The summed E-state index contributed by atoms with van der Waals surface area (Å²) in [6, 6.07) is 9.08. The van der Waals surface area contributed by atoms with Crippen LogP contribution < -0.4 is 16.0 Å². The summed E-state index contributed by atoms with van der Waals surface area (Å²) in [5.41, 5.74) is 0.547. The summed E-state index contributed by atoms with van der Waals surface area (Å²) in [6.07, 6.45) is -4.51. The van der Waals surface area contributed by atoms with Gasteiger partial charge in [-0.3, -0.25) is 29.4 Å². The Labute approximate surface area is 231 Å². The van der Waals surface area contributed by atoms with Gasteiger partial charge in [-0.2, -0.15) is 13.2 Å². The van der Waals surface area contributed by atoms with Gasteiger partial charge >= 0.3 is 6.18 Å².